The summed E-state index contributed by atoms with van der Waals surface area (Å²) in [5, 5.41) is 17.4. The summed E-state index contributed by atoms with van der Waals surface area (Å²) in [5.41, 5.74) is 2.12. The quantitative estimate of drug-likeness (QED) is 0.441. The second kappa shape index (κ2) is 10.1. The number of nitrogens with zero attached hydrogens (tertiary/aromatic N) is 2. The number of hydrogen-bond acceptors (Lipinski definition) is 6. The van der Waals surface area contributed by atoms with Crippen molar-refractivity contribution in [1.82, 2.24) is 15.1 Å². The fourth-order valence-corrected chi connectivity index (χ4v) is 4.87. The summed E-state index contributed by atoms with van der Waals surface area (Å²) in [6.45, 7) is 5.97. The normalized spacial score (nSPS) is 19.0. The second-order valence-corrected chi connectivity index (χ2v) is 10.0. The first-order valence-electron chi connectivity index (χ1n) is 12.1. The molecular weight excluding hydrogens is 458 g/mol. The summed E-state index contributed by atoms with van der Waals surface area (Å²) in [6, 6.07) is 19.2. The third-order valence-corrected chi connectivity index (χ3v) is 6.64. The molecule has 1 aromatic heterocycles. The molecule has 1 fully saturated rings. The van der Waals surface area contributed by atoms with Crippen molar-refractivity contribution in [3.05, 3.63) is 88.7 Å². The SMILES string of the molecule is COC(=O)c1cc(Cc2ccc(C(C)N3CCC(CC(C)(C)O)(c4ccccc4)OC3=O)cc2)[nH]n1. The van der Waals surface area contributed by atoms with Crippen LogP contribution in [0.15, 0.2) is 60.7 Å². The number of esters is 1. The number of nitrogens with one attached hydrogen (secondary N) is 1. The minimum atomic E-state index is -0.994. The number of H-pyrrole nitrogens is 1. The molecule has 8 nitrogen and oxygen atoms in total. The Balaban J connectivity index is 1.46. The van der Waals surface area contributed by atoms with Crippen LogP contribution >= 0.6 is 0 Å². The van der Waals surface area contributed by atoms with Crippen LogP contribution in [0.5, 0.6) is 0 Å². The maximum atomic E-state index is 13.2. The minimum Gasteiger partial charge on any atom is -0.464 e. The Labute approximate surface area is 211 Å². The first kappa shape index (κ1) is 25.4. The van der Waals surface area contributed by atoms with Gasteiger partial charge in [-0.2, -0.15) is 5.10 Å². The van der Waals surface area contributed by atoms with Crippen LogP contribution in [0.25, 0.3) is 0 Å². The van der Waals surface area contributed by atoms with Crippen molar-refractivity contribution in [1.29, 1.82) is 0 Å². The molecule has 2 N–H and O–H groups in total. The van der Waals surface area contributed by atoms with Gasteiger partial charge >= 0.3 is 12.1 Å². The molecule has 0 spiro atoms. The third-order valence-electron chi connectivity index (χ3n) is 6.64. The van der Waals surface area contributed by atoms with Crippen LogP contribution < -0.4 is 0 Å². The molecule has 2 aromatic carbocycles. The van der Waals surface area contributed by atoms with Crippen molar-refractivity contribution >= 4 is 12.1 Å². The molecular formula is C28H33N3O5. The van der Waals surface area contributed by atoms with Crippen LogP contribution in [-0.4, -0.2) is 51.5 Å². The Hall–Kier alpha value is -3.65. The molecule has 1 amide bonds. The molecule has 0 aliphatic carbocycles. The van der Waals surface area contributed by atoms with Crippen LogP contribution in [0, 0.1) is 0 Å². The van der Waals surface area contributed by atoms with Crippen molar-refractivity contribution in [2.45, 2.75) is 57.3 Å². The molecule has 0 radical (unpaired) electrons. The number of aromatic amines is 1. The highest BCUT2D eigenvalue weighted by Gasteiger charge is 2.46. The largest absolute Gasteiger partial charge is 0.464 e. The Morgan fingerprint density at radius 2 is 1.92 bits per heavy atom. The number of rotatable bonds is 8. The molecule has 2 atom stereocenters. The van der Waals surface area contributed by atoms with E-state index in [-0.39, 0.29) is 11.7 Å². The summed E-state index contributed by atoms with van der Waals surface area (Å²) in [5.74, 6) is -0.478. The van der Waals surface area contributed by atoms with Gasteiger partial charge in [-0.15, -0.1) is 0 Å². The minimum absolute atomic E-state index is 0.180. The average molecular weight is 492 g/mol. The number of carbonyl (C=O) groups excluding carboxylic acids is 2. The van der Waals surface area contributed by atoms with Crippen LogP contribution in [-0.2, 0) is 21.5 Å². The van der Waals surface area contributed by atoms with E-state index in [2.05, 4.69) is 10.2 Å². The Morgan fingerprint density at radius 1 is 1.22 bits per heavy atom. The molecule has 1 aliphatic heterocycles. The number of cyclic esters (lactones) is 1. The summed E-state index contributed by atoms with van der Waals surface area (Å²) in [6.07, 6.45) is 1.09. The van der Waals surface area contributed by atoms with E-state index in [1.54, 1.807) is 24.8 Å². The van der Waals surface area contributed by atoms with Gasteiger partial charge in [0.25, 0.3) is 0 Å². The molecule has 1 saturated heterocycles. The van der Waals surface area contributed by atoms with E-state index < -0.39 is 23.3 Å². The molecule has 0 saturated carbocycles. The second-order valence-electron chi connectivity index (χ2n) is 10.0. The molecule has 2 unspecified atom stereocenters. The summed E-state index contributed by atoms with van der Waals surface area (Å²) in [4.78, 5) is 26.6. The van der Waals surface area contributed by atoms with Gasteiger partial charge in [-0.25, -0.2) is 9.59 Å². The fourth-order valence-electron chi connectivity index (χ4n) is 4.87. The number of carbonyl (C=O) groups is 2. The first-order valence-corrected chi connectivity index (χ1v) is 12.1. The van der Waals surface area contributed by atoms with Gasteiger partial charge in [-0.05, 0) is 43.5 Å². The number of benzene rings is 2. The smallest absolute Gasteiger partial charge is 0.411 e. The summed E-state index contributed by atoms with van der Waals surface area (Å²) in [7, 11) is 1.32. The summed E-state index contributed by atoms with van der Waals surface area (Å²) >= 11 is 0. The van der Waals surface area contributed by atoms with Gasteiger partial charge in [0.1, 0.15) is 5.60 Å². The molecule has 190 valence electrons. The van der Waals surface area contributed by atoms with Gasteiger partial charge in [0.2, 0.25) is 0 Å². The van der Waals surface area contributed by atoms with Crippen molar-refractivity contribution < 1.29 is 24.2 Å². The van der Waals surface area contributed by atoms with E-state index in [1.165, 1.54) is 7.11 Å². The standard InChI is InChI=1S/C28H33N3O5/c1-19(21-12-10-20(11-13-21)16-23-17-24(30-29-23)25(32)35-4)31-15-14-28(36-26(31)33,18-27(2,3)34)22-8-6-5-7-9-22/h5-13,17,19,34H,14-16,18H2,1-4H3,(H,29,30). The highest BCUT2D eigenvalue weighted by molar-refractivity contribution is 5.87. The molecule has 1 aliphatic rings. The number of aliphatic hydroxyl groups is 1. The lowest BCUT2D eigenvalue weighted by molar-refractivity contribution is -0.101. The zero-order valence-corrected chi connectivity index (χ0v) is 21.2. The van der Waals surface area contributed by atoms with Gasteiger partial charge in [0, 0.05) is 31.5 Å². The van der Waals surface area contributed by atoms with Gasteiger partial charge in [0.05, 0.1) is 18.8 Å². The molecule has 2 heterocycles. The van der Waals surface area contributed by atoms with Gasteiger partial charge in [-0.3, -0.25) is 5.10 Å². The number of amides is 1. The van der Waals surface area contributed by atoms with E-state index in [1.807, 2.05) is 61.5 Å². The molecule has 36 heavy (non-hydrogen) atoms. The zero-order chi connectivity index (χ0) is 25.9. The summed E-state index contributed by atoms with van der Waals surface area (Å²) < 4.78 is 10.8. The van der Waals surface area contributed by atoms with E-state index in [4.69, 9.17) is 9.47 Å². The fraction of sp³-hybridized carbons (Fsp3) is 0.393. The maximum Gasteiger partial charge on any atom is 0.411 e. The van der Waals surface area contributed by atoms with E-state index in [9.17, 15) is 14.7 Å². The predicted molar refractivity (Wildman–Crippen MR) is 134 cm³/mol. The van der Waals surface area contributed by atoms with Crippen molar-refractivity contribution in [3.8, 4) is 0 Å². The van der Waals surface area contributed by atoms with E-state index >= 15 is 0 Å². The van der Waals surface area contributed by atoms with Crippen LogP contribution in [0.4, 0.5) is 4.79 Å². The third kappa shape index (κ3) is 5.60. The lowest BCUT2D eigenvalue weighted by atomic mass is 9.80. The predicted octanol–water partition coefficient (Wildman–Crippen LogP) is 4.75. The number of ether oxygens (including phenoxy) is 2. The average Bonchev–Trinajstić information content (AvgIpc) is 3.32. The van der Waals surface area contributed by atoms with Crippen LogP contribution in [0.2, 0.25) is 0 Å². The highest BCUT2D eigenvalue weighted by atomic mass is 16.6. The topological polar surface area (TPSA) is 105 Å². The van der Waals surface area contributed by atoms with Gasteiger partial charge in [0.15, 0.2) is 5.69 Å². The lowest BCUT2D eigenvalue weighted by Gasteiger charge is -2.45. The van der Waals surface area contributed by atoms with Crippen LogP contribution in [0.3, 0.4) is 0 Å². The zero-order valence-electron chi connectivity index (χ0n) is 21.2. The van der Waals surface area contributed by atoms with Crippen LogP contribution in [0.1, 0.15) is 72.5 Å². The number of aromatic nitrogens is 2. The molecule has 0 bridgehead atoms. The Morgan fingerprint density at radius 3 is 2.53 bits per heavy atom. The van der Waals surface area contributed by atoms with Crippen molar-refractivity contribution in [2.24, 2.45) is 0 Å². The van der Waals surface area contributed by atoms with E-state index in [0.29, 0.717) is 25.8 Å². The van der Waals surface area contributed by atoms with Crippen molar-refractivity contribution in [2.75, 3.05) is 13.7 Å². The lowest BCUT2D eigenvalue weighted by Crippen LogP contribution is -2.51. The first-order chi connectivity index (χ1) is 17.1. The molecule has 4 rings (SSSR count). The van der Waals surface area contributed by atoms with Gasteiger partial charge in [-0.1, -0.05) is 54.6 Å². The molecule has 8 heteroatoms. The Bertz CT molecular complexity index is 1200. The Kier molecular flexibility index (Phi) is 7.17. The number of hydrogen-bond donors (Lipinski definition) is 2. The monoisotopic (exact) mass is 491 g/mol. The van der Waals surface area contributed by atoms with E-state index in [0.717, 1.165) is 22.4 Å². The number of methoxy groups -OCH3 is 1. The maximum absolute atomic E-state index is 13.2. The van der Waals surface area contributed by atoms with Gasteiger partial charge < -0.3 is 19.5 Å². The highest BCUT2D eigenvalue weighted by Crippen LogP contribution is 2.42. The van der Waals surface area contributed by atoms with Crippen molar-refractivity contribution in [3.63, 3.8) is 0 Å². The molecule has 3 aromatic rings.